The highest BCUT2D eigenvalue weighted by Gasteiger charge is 2.25. The van der Waals surface area contributed by atoms with Crippen LogP contribution in [0, 0.1) is 5.92 Å². The number of pyridine rings is 1. The first-order chi connectivity index (χ1) is 16.0. The number of amides is 2. The molecule has 0 unspecified atom stereocenters. The van der Waals surface area contributed by atoms with Crippen LogP contribution in [0.3, 0.4) is 0 Å². The van der Waals surface area contributed by atoms with Crippen molar-refractivity contribution in [2.24, 2.45) is 10.9 Å². The summed E-state index contributed by atoms with van der Waals surface area (Å²) in [6.45, 7) is 1.87. The molecular weight excluding hydrogens is 418 g/mol. The second kappa shape index (κ2) is 9.35. The second-order valence-corrected chi connectivity index (χ2v) is 9.35. The molecule has 1 saturated heterocycles. The monoisotopic (exact) mass is 449 g/mol. The number of hydrogen-bond acceptors (Lipinski definition) is 6. The number of H-pyrrole nitrogens is 1. The topological polar surface area (TPSA) is 115 Å². The molecule has 0 radical (unpaired) electrons. The van der Waals surface area contributed by atoms with E-state index in [1.165, 1.54) is 19.3 Å². The first kappa shape index (κ1) is 21.6. The molecule has 174 valence electrons. The van der Waals surface area contributed by atoms with E-state index in [1.54, 1.807) is 12.3 Å². The van der Waals surface area contributed by atoms with Gasteiger partial charge in [0.15, 0.2) is 0 Å². The predicted molar refractivity (Wildman–Crippen MR) is 129 cm³/mol. The zero-order chi connectivity index (χ0) is 22.8. The molecule has 5 rings (SSSR count). The lowest BCUT2D eigenvalue weighted by atomic mass is 9.96. The summed E-state index contributed by atoms with van der Waals surface area (Å²) in [4.78, 5) is 39.5. The quantitative estimate of drug-likeness (QED) is 0.536. The van der Waals surface area contributed by atoms with Crippen molar-refractivity contribution in [2.45, 2.75) is 51.0 Å². The lowest BCUT2D eigenvalue weighted by molar-refractivity contribution is -0.121. The number of fused-ring (bicyclic) bond motifs is 1. The van der Waals surface area contributed by atoms with Crippen LogP contribution in [0.25, 0.3) is 17.1 Å². The van der Waals surface area contributed by atoms with E-state index in [2.05, 4.69) is 42.9 Å². The van der Waals surface area contributed by atoms with Gasteiger partial charge in [-0.2, -0.15) is 0 Å². The summed E-state index contributed by atoms with van der Waals surface area (Å²) in [6, 6.07) is 2.26. The van der Waals surface area contributed by atoms with Gasteiger partial charge < -0.3 is 20.5 Å². The van der Waals surface area contributed by atoms with Crippen molar-refractivity contribution >= 4 is 40.6 Å². The summed E-state index contributed by atoms with van der Waals surface area (Å²) in [5.74, 6) is 0.374. The van der Waals surface area contributed by atoms with E-state index >= 15 is 0 Å². The Morgan fingerprint density at radius 2 is 1.97 bits per heavy atom. The van der Waals surface area contributed by atoms with Crippen LogP contribution in [-0.2, 0) is 9.59 Å². The van der Waals surface area contributed by atoms with Gasteiger partial charge in [-0.15, -0.1) is 0 Å². The molecule has 9 nitrogen and oxygen atoms in total. The lowest BCUT2D eigenvalue weighted by Crippen LogP contribution is -2.43. The van der Waals surface area contributed by atoms with Gasteiger partial charge in [-0.3, -0.25) is 14.9 Å². The average Bonchev–Trinajstić information content (AvgIpc) is 3.37. The lowest BCUT2D eigenvalue weighted by Gasteiger charge is -2.28. The molecule has 0 spiro atoms. The summed E-state index contributed by atoms with van der Waals surface area (Å²) in [5, 5.41) is 10.1. The number of carbonyl (C=O) groups excluding carboxylic acids is 2. The molecule has 4 heterocycles. The van der Waals surface area contributed by atoms with E-state index in [1.807, 2.05) is 12.3 Å². The third-order valence-corrected chi connectivity index (χ3v) is 6.86. The molecule has 1 aliphatic carbocycles. The number of hydrogen-bond donors (Lipinski definition) is 4. The molecule has 33 heavy (non-hydrogen) atoms. The van der Waals surface area contributed by atoms with Crippen molar-refractivity contribution in [3.63, 3.8) is 0 Å². The van der Waals surface area contributed by atoms with Crippen LogP contribution in [-0.4, -0.2) is 58.8 Å². The molecule has 4 N–H and O–H groups in total. The van der Waals surface area contributed by atoms with Gasteiger partial charge in [0.25, 0.3) is 5.91 Å². The third kappa shape index (κ3) is 4.93. The summed E-state index contributed by atoms with van der Waals surface area (Å²) in [5.41, 5.74) is 2.52. The Hall–Kier alpha value is -3.20. The third-order valence-electron chi connectivity index (χ3n) is 6.86. The minimum atomic E-state index is -0.220. The van der Waals surface area contributed by atoms with E-state index < -0.39 is 0 Å². The number of carbonyl (C=O) groups is 2. The fourth-order valence-electron chi connectivity index (χ4n) is 4.85. The maximum Gasteiger partial charge on any atom is 0.276 e. The van der Waals surface area contributed by atoms with Crippen molar-refractivity contribution in [1.29, 1.82) is 0 Å². The van der Waals surface area contributed by atoms with Crippen molar-refractivity contribution in [2.75, 3.05) is 25.5 Å². The molecule has 1 saturated carbocycles. The number of guanidine groups is 1. The standard InChI is InChI=1S/C24H31N7O2/c1-31-9-7-15(8-10-31)22(32)27-18-12-19-16(13-25-21(19)26-14-18)11-20-23(33)30-24(29-20)28-17-5-3-2-4-6-17/h11-15,17H,2-10H2,1H3,(H,25,26)(H,27,32)(H2,28,29,30,33)/b20-11+. The van der Waals surface area contributed by atoms with Gasteiger partial charge >= 0.3 is 0 Å². The molecule has 3 aliphatic rings. The number of rotatable bonds is 4. The number of nitrogens with one attached hydrogen (secondary N) is 4. The highest BCUT2D eigenvalue weighted by atomic mass is 16.2. The molecule has 2 aromatic heterocycles. The van der Waals surface area contributed by atoms with Gasteiger partial charge in [0.1, 0.15) is 11.3 Å². The molecule has 0 bridgehead atoms. The van der Waals surface area contributed by atoms with Gasteiger partial charge in [0.05, 0.1) is 11.9 Å². The van der Waals surface area contributed by atoms with Gasteiger partial charge in [0.2, 0.25) is 11.9 Å². The number of anilines is 1. The molecule has 2 aromatic rings. The van der Waals surface area contributed by atoms with Crippen LogP contribution < -0.4 is 16.0 Å². The van der Waals surface area contributed by atoms with Crippen LogP contribution in [0.1, 0.15) is 50.5 Å². The Morgan fingerprint density at radius 1 is 1.18 bits per heavy atom. The van der Waals surface area contributed by atoms with Crippen LogP contribution >= 0.6 is 0 Å². The first-order valence-corrected chi connectivity index (χ1v) is 11.9. The van der Waals surface area contributed by atoms with Crippen LogP contribution in [0.5, 0.6) is 0 Å². The van der Waals surface area contributed by atoms with Gasteiger partial charge in [-0.05, 0) is 58.0 Å². The van der Waals surface area contributed by atoms with Crippen molar-refractivity contribution in [3.8, 4) is 0 Å². The number of likely N-dealkylation sites (tertiary alicyclic amines) is 1. The number of aliphatic imine (C=N–C) groups is 1. The Morgan fingerprint density at radius 3 is 2.76 bits per heavy atom. The normalized spacial score (nSPS) is 21.9. The number of nitrogens with zero attached hydrogens (tertiary/aromatic N) is 3. The van der Waals surface area contributed by atoms with E-state index in [4.69, 9.17) is 0 Å². The predicted octanol–water partition coefficient (Wildman–Crippen LogP) is 2.59. The van der Waals surface area contributed by atoms with Crippen LogP contribution in [0.4, 0.5) is 5.69 Å². The fraction of sp³-hybridized carbons (Fsp3) is 0.500. The summed E-state index contributed by atoms with van der Waals surface area (Å²) in [7, 11) is 2.08. The van der Waals surface area contributed by atoms with Crippen LogP contribution in [0.15, 0.2) is 29.1 Å². The van der Waals surface area contributed by atoms with E-state index in [0.29, 0.717) is 29.0 Å². The smallest absolute Gasteiger partial charge is 0.276 e. The Balaban J connectivity index is 1.31. The molecule has 0 aromatic carbocycles. The zero-order valence-electron chi connectivity index (χ0n) is 19.0. The first-order valence-electron chi connectivity index (χ1n) is 11.9. The largest absolute Gasteiger partial charge is 0.353 e. The minimum Gasteiger partial charge on any atom is -0.353 e. The highest BCUT2D eigenvalue weighted by Crippen LogP contribution is 2.25. The summed E-state index contributed by atoms with van der Waals surface area (Å²) in [6.07, 6.45) is 12.9. The average molecular weight is 450 g/mol. The van der Waals surface area contributed by atoms with Gasteiger partial charge in [-0.1, -0.05) is 19.3 Å². The summed E-state index contributed by atoms with van der Waals surface area (Å²) >= 11 is 0. The van der Waals surface area contributed by atoms with E-state index in [0.717, 1.165) is 49.7 Å². The van der Waals surface area contributed by atoms with Crippen molar-refractivity contribution in [3.05, 3.63) is 29.7 Å². The zero-order valence-corrected chi connectivity index (χ0v) is 19.0. The molecule has 0 atom stereocenters. The maximum absolute atomic E-state index is 12.7. The molecule has 2 amide bonds. The Bertz CT molecular complexity index is 1110. The number of aromatic nitrogens is 2. The van der Waals surface area contributed by atoms with Crippen LogP contribution in [0.2, 0.25) is 0 Å². The van der Waals surface area contributed by atoms with Crippen molar-refractivity contribution in [1.82, 2.24) is 25.5 Å². The SMILES string of the molecule is CN1CCC(C(=O)Nc2cnc3[nH]cc(/C=C4/N=C(NC5CCCCC5)NC4=O)c3c2)CC1. The second-order valence-electron chi connectivity index (χ2n) is 9.35. The molecule has 2 fully saturated rings. The molecular formula is C24H31N7O2. The van der Waals surface area contributed by atoms with Gasteiger partial charge in [-0.25, -0.2) is 9.98 Å². The maximum atomic E-state index is 12.7. The van der Waals surface area contributed by atoms with E-state index in [9.17, 15) is 9.59 Å². The molecule has 2 aliphatic heterocycles. The van der Waals surface area contributed by atoms with Gasteiger partial charge in [0, 0.05) is 29.1 Å². The Kier molecular flexibility index (Phi) is 6.13. The van der Waals surface area contributed by atoms with E-state index in [-0.39, 0.29) is 17.7 Å². The minimum absolute atomic E-state index is 0.0244. The number of piperidine rings is 1. The fourth-order valence-corrected chi connectivity index (χ4v) is 4.85. The van der Waals surface area contributed by atoms with Crippen molar-refractivity contribution < 1.29 is 9.59 Å². The number of aromatic amines is 1. The summed E-state index contributed by atoms with van der Waals surface area (Å²) < 4.78 is 0. The Labute approximate surface area is 193 Å². The molecule has 9 heteroatoms. The highest BCUT2D eigenvalue weighted by molar-refractivity contribution is 6.14.